The number of hydrogen-bond donors (Lipinski definition) is 3. The lowest BCUT2D eigenvalue weighted by Crippen LogP contribution is -2.28. The van der Waals surface area contributed by atoms with Gasteiger partial charge < -0.3 is 15.3 Å². The predicted molar refractivity (Wildman–Crippen MR) is 232 cm³/mol. The second-order valence-corrected chi connectivity index (χ2v) is 23.5. The second-order valence-electron chi connectivity index (χ2n) is 23.5. The predicted octanol–water partition coefficient (Wildman–Crippen LogP) is 13.6. The maximum Gasteiger partial charge on any atom is 0.123 e. The van der Waals surface area contributed by atoms with Gasteiger partial charge in [0, 0.05) is 0 Å². The van der Waals surface area contributed by atoms with Crippen molar-refractivity contribution < 1.29 is 15.3 Å². The molecule has 300 valence electrons. The average molecular weight is 739 g/mol. The molecule has 0 spiro atoms. The topological polar surface area (TPSA) is 60.7 Å². The van der Waals surface area contributed by atoms with Gasteiger partial charge in [-0.3, -0.25) is 0 Å². The van der Waals surface area contributed by atoms with Crippen molar-refractivity contribution in [1.82, 2.24) is 0 Å². The Hall–Kier alpha value is -2.94. The molecule has 54 heavy (non-hydrogen) atoms. The molecule has 0 aliphatic heterocycles. The third kappa shape index (κ3) is 10.3. The minimum absolute atomic E-state index is 0.166. The highest BCUT2D eigenvalue weighted by Crippen LogP contribution is 2.46. The van der Waals surface area contributed by atoms with Gasteiger partial charge in [0.05, 0.1) is 0 Å². The zero-order valence-corrected chi connectivity index (χ0v) is 37.8. The summed E-state index contributed by atoms with van der Waals surface area (Å²) in [6, 6.07) is 13.7. The van der Waals surface area contributed by atoms with Gasteiger partial charge in [0.15, 0.2) is 0 Å². The third-order valence-electron chi connectivity index (χ3n) is 11.9. The van der Waals surface area contributed by atoms with E-state index in [0.717, 1.165) is 71.9 Å². The highest BCUT2D eigenvalue weighted by Gasteiger charge is 2.34. The van der Waals surface area contributed by atoms with Gasteiger partial charge in [-0.1, -0.05) is 161 Å². The van der Waals surface area contributed by atoms with Crippen LogP contribution < -0.4 is 0 Å². The fourth-order valence-electron chi connectivity index (χ4n) is 9.07. The molecule has 1 fully saturated rings. The summed E-state index contributed by atoms with van der Waals surface area (Å²) >= 11 is 0. The molecule has 0 bridgehead atoms. The van der Waals surface area contributed by atoms with Crippen LogP contribution in [0.4, 0.5) is 0 Å². The summed E-state index contributed by atoms with van der Waals surface area (Å²) < 4.78 is 0. The summed E-state index contributed by atoms with van der Waals surface area (Å²) in [6.45, 7) is 39.7. The minimum atomic E-state index is -0.166. The van der Waals surface area contributed by atoms with Crippen LogP contribution in [0.1, 0.15) is 194 Å². The first-order chi connectivity index (χ1) is 24.3. The minimum Gasteiger partial charge on any atom is -0.507 e. The molecule has 1 saturated carbocycles. The molecule has 0 radical (unpaired) electrons. The first-order valence-corrected chi connectivity index (χ1v) is 20.9. The Labute approximate surface area is 331 Å². The molecule has 0 saturated heterocycles. The maximum absolute atomic E-state index is 11.5. The van der Waals surface area contributed by atoms with E-state index in [0.29, 0.717) is 35.0 Å². The van der Waals surface area contributed by atoms with Crippen LogP contribution in [0.3, 0.4) is 0 Å². The second kappa shape index (κ2) is 14.9. The van der Waals surface area contributed by atoms with E-state index >= 15 is 0 Å². The average Bonchev–Trinajstić information content (AvgIpc) is 2.96. The summed E-state index contributed by atoms with van der Waals surface area (Å²) in [5, 5.41) is 34.6. The van der Waals surface area contributed by atoms with Crippen LogP contribution in [0.15, 0.2) is 36.4 Å². The van der Waals surface area contributed by atoms with E-state index in [9.17, 15) is 15.3 Å². The number of hydrogen-bond acceptors (Lipinski definition) is 3. The monoisotopic (exact) mass is 739 g/mol. The van der Waals surface area contributed by atoms with Crippen molar-refractivity contribution in [3.8, 4) is 17.2 Å². The lowest BCUT2D eigenvalue weighted by Gasteiger charge is -2.37. The van der Waals surface area contributed by atoms with Gasteiger partial charge in [-0.15, -0.1) is 0 Å². The molecule has 3 N–H and O–H groups in total. The van der Waals surface area contributed by atoms with Crippen LogP contribution in [-0.2, 0) is 51.8 Å². The number of rotatable bonds is 6. The molecule has 3 aromatic rings. The van der Waals surface area contributed by atoms with Gasteiger partial charge in [0.25, 0.3) is 0 Å². The van der Waals surface area contributed by atoms with Crippen LogP contribution in [-0.4, -0.2) is 15.3 Å². The first kappa shape index (κ1) is 43.8. The summed E-state index contributed by atoms with van der Waals surface area (Å²) in [5.41, 5.74) is 9.22. The molecular weight excluding hydrogens is 661 g/mol. The number of benzene rings is 3. The third-order valence-corrected chi connectivity index (χ3v) is 11.9. The van der Waals surface area contributed by atoms with Crippen molar-refractivity contribution in [2.24, 2.45) is 17.8 Å². The number of aromatic hydroxyl groups is 3. The highest BCUT2D eigenvalue weighted by atomic mass is 16.3. The van der Waals surface area contributed by atoms with Crippen molar-refractivity contribution in [2.45, 2.75) is 196 Å². The normalized spacial score (nSPS) is 19.3. The standard InChI is InChI=1S/C51H78O3/c1-46(2,3)37-25-34(26-38(43(37)52)47(4,5)6)22-31-19-32(23-35-27-39(48(7,8)9)44(53)40(28-35)49(10,11)12)21-33(20-31)24-36-29-41(50(13,14)15)45(54)42(30-36)51(16,17)18/h25-33,52-54H,19-24H2,1-18H3. The van der Waals surface area contributed by atoms with Crippen molar-refractivity contribution in [3.63, 3.8) is 0 Å². The Balaban J connectivity index is 1.82. The SMILES string of the molecule is CC(C)(C)c1cc(CC2CC(Cc3cc(C(C)(C)C)c(O)c(C(C)(C)C)c3)CC(Cc3cc(C(C)(C)C)c(O)c(C(C)(C)C)c3)C2)cc(C(C)(C)C)c1O. The Bertz CT molecular complexity index is 1470. The quantitative estimate of drug-likeness (QED) is 0.236. The van der Waals surface area contributed by atoms with Gasteiger partial charge in [-0.05, 0) is 139 Å². The van der Waals surface area contributed by atoms with Crippen LogP contribution in [0.2, 0.25) is 0 Å². The molecule has 3 nitrogen and oxygen atoms in total. The molecule has 1 aliphatic rings. The zero-order chi connectivity index (χ0) is 41.1. The highest BCUT2D eigenvalue weighted by molar-refractivity contribution is 5.52. The van der Waals surface area contributed by atoms with Gasteiger partial charge in [0.2, 0.25) is 0 Å². The van der Waals surface area contributed by atoms with E-state index in [1.807, 2.05) is 0 Å². The van der Waals surface area contributed by atoms with Crippen molar-refractivity contribution in [1.29, 1.82) is 0 Å². The zero-order valence-electron chi connectivity index (χ0n) is 37.8. The number of phenolic OH excluding ortho intramolecular Hbond substituents is 3. The van der Waals surface area contributed by atoms with Crippen LogP contribution in [0.25, 0.3) is 0 Å². The van der Waals surface area contributed by atoms with Gasteiger partial charge in [-0.25, -0.2) is 0 Å². The van der Waals surface area contributed by atoms with Gasteiger partial charge in [-0.2, -0.15) is 0 Å². The van der Waals surface area contributed by atoms with Crippen LogP contribution in [0.5, 0.6) is 17.2 Å². The molecule has 0 heterocycles. The summed E-state index contributed by atoms with van der Waals surface area (Å²) in [5.74, 6) is 2.86. The molecule has 4 rings (SSSR count). The van der Waals surface area contributed by atoms with E-state index in [1.54, 1.807) is 0 Å². The molecule has 3 heteroatoms. The van der Waals surface area contributed by atoms with E-state index in [2.05, 4.69) is 161 Å². The Kier molecular flexibility index (Phi) is 12.0. The lowest BCUT2D eigenvalue weighted by atomic mass is 9.68. The fourth-order valence-corrected chi connectivity index (χ4v) is 9.07. The molecule has 1 aliphatic carbocycles. The summed E-state index contributed by atoms with van der Waals surface area (Å²) in [7, 11) is 0. The van der Waals surface area contributed by atoms with E-state index in [-0.39, 0.29) is 32.5 Å². The molecule has 0 unspecified atom stereocenters. The first-order valence-electron chi connectivity index (χ1n) is 20.9. The fraction of sp³-hybridized carbons (Fsp3) is 0.647. The number of phenols is 3. The molecule has 0 amide bonds. The van der Waals surface area contributed by atoms with E-state index in [1.165, 1.54) is 16.7 Å². The maximum atomic E-state index is 11.5. The Morgan fingerprint density at radius 3 is 0.611 bits per heavy atom. The van der Waals surface area contributed by atoms with E-state index in [4.69, 9.17) is 0 Å². The molecule has 0 aromatic heterocycles. The van der Waals surface area contributed by atoms with Gasteiger partial charge >= 0.3 is 0 Å². The van der Waals surface area contributed by atoms with Crippen LogP contribution >= 0.6 is 0 Å². The molecule has 3 aromatic carbocycles. The molecule has 0 atom stereocenters. The smallest absolute Gasteiger partial charge is 0.123 e. The lowest BCUT2D eigenvalue weighted by molar-refractivity contribution is 0.191. The van der Waals surface area contributed by atoms with Gasteiger partial charge in [0.1, 0.15) is 17.2 Å². The van der Waals surface area contributed by atoms with Crippen molar-refractivity contribution in [3.05, 3.63) is 86.5 Å². The van der Waals surface area contributed by atoms with Crippen molar-refractivity contribution in [2.75, 3.05) is 0 Å². The summed E-state index contributed by atoms with van der Waals surface area (Å²) in [4.78, 5) is 0. The Morgan fingerprint density at radius 1 is 0.333 bits per heavy atom. The van der Waals surface area contributed by atoms with Crippen molar-refractivity contribution >= 4 is 0 Å². The molecular formula is C51H78O3. The summed E-state index contributed by atoms with van der Waals surface area (Å²) in [6.07, 6.45) is 6.43. The van der Waals surface area contributed by atoms with Crippen LogP contribution in [0, 0.1) is 17.8 Å². The largest absolute Gasteiger partial charge is 0.507 e. The van der Waals surface area contributed by atoms with E-state index < -0.39 is 0 Å². The Morgan fingerprint density at radius 2 is 0.481 bits per heavy atom.